The second-order valence-electron chi connectivity index (χ2n) is 8.41. The number of amides is 2. The summed E-state index contributed by atoms with van der Waals surface area (Å²) in [7, 11) is 3.65. The molecule has 2 aliphatic heterocycles. The topological polar surface area (TPSA) is 53.1 Å². The minimum atomic E-state index is -0.305. The summed E-state index contributed by atoms with van der Waals surface area (Å²) in [5.41, 5.74) is 3.30. The molecule has 0 unspecified atom stereocenters. The molecule has 0 saturated carbocycles. The van der Waals surface area contributed by atoms with Gasteiger partial charge in [0.15, 0.2) is 0 Å². The van der Waals surface area contributed by atoms with Gasteiger partial charge in [-0.3, -0.25) is 9.59 Å². The van der Waals surface area contributed by atoms with E-state index < -0.39 is 0 Å². The zero-order valence-corrected chi connectivity index (χ0v) is 18.6. The van der Waals surface area contributed by atoms with E-state index in [9.17, 15) is 9.59 Å². The fraction of sp³-hybridized carbons (Fsp3) is 0.360. The average Bonchev–Trinajstić information content (AvgIpc) is 3.04. The first-order valence-electron chi connectivity index (χ1n) is 10.7. The number of benzene rings is 2. The van der Waals surface area contributed by atoms with E-state index in [2.05, 4.69) is 25.8 Å². The molecule has 0 bridgehead atoms. The van der Waals surface area contributed by atoms with E-state index in [-0.39, 0.29) is 11.8 Å². The van der Waals surface area contributed by atoms with Crippen LogP contribution in [0.3, 0.4) is 0 Å². The lowest BCUT2D eigenvalue weighted by Gasteiger charge is -2.34. The highest BCUT2D eigenvalue weighted by molar-refractivity contribution is 6.45. The summed E-state index contributed by atoms with van der Waals surface area (Å²) in [6.45, 7) is 7.32. The number of hydrogen-bond donors (Lipinski definition) is 0. The van der Waals surface area contributed by atoms with Crippen molar-refractivity contribution in [2.24, 2.45) is 0 Å². The smallest absolute Gasteiger partial charge is 0.282 e. The van der Waals surface area contributed by atoms with Crippen LogP contribution in [0.4, 0.5) is 5.69 Å². The van der Waals surface area contributed by atoms with Crippen LogP contribution in [0.25, 0.3) is 5.57 Å². The molecule has 0 radical (unpaired) electrons. The second kappa shape index (κ2) is 8.55. The first-order valence-corrected chi connectivity index (χ1v) is 10.7. The Morgan fingerprint density at radius 3 is 2.13 bits per heavy atom. The Bertz CT molecular complexity index is 1020. The molecule has 2 amide bonds. The number of imide groups is 1. The lowest BCUT2D eigenvalue weighted by Crippen LogP contribution is -2.46. The van der Waals surface area contributed by atoms with Gasteiger partial charge in [0.2, 0.25) is 0 Å². The molecular weight excluding hydrogens is 390 g/mol. The van der Waals surface area contributed by atoms with E-state index in [1.807, 2.05) is 53.4 Å². The Morgan fingerprint density at radius 1 is 0.871 bits per heavy atom. The van der Waals surface area contributed by atoms with Gasteiger partial charge in [0.1, 0.15) is 11.4 Å². The molecule has 6 nitrogen and oxygen atoms in total. The molecule has 4 rings (SSSR count). The van der Waals surface area contributed by atoms with Crippen molar-refractivity contribution in [2.75, 3.05) is 45.2 Å². The molecule has 0 spiro atoms. The molecule has 0 N–H and O–H groups in total. The number of para-hydroxylation sites is 1. The summed E-state index contributed by atoms with van der Waals surface area (Å²) >= 11 is 0. The summed E-state index contributed by atoms with van der Waals surface area (Å²) in [6, 6.07) is 15.1. The quantitative estimate of drug-likeness (QED) is 0.696. The Labute approximate surface area is 183 Å². The van der Waals surface area contributed by atoms with E-state index in [1.54, 1.807) is 7.11 Å². The van der Waals surface area contributed by atoms with Crippen LogP contribution in [-0.4, -0.2) is 62.0 Å². The van der Waals surface area contributed by atoms with Crippen LogP contribution in [0, 0.1) is 0 Å². The zero-order valence-electron chi connectivity index (χ0n) is 18.6. The Hall–Kier alpha value is -3.12. The molecular formula is C25H29N3O3. The SMILES string of the molecule is COc1ccccc1C1=C(N2CCN(C)CC2)C(=O)N(c2ccc(C(C)C)cc2)C1=O. The van der Waals surface area contributed by atoms with Gasteiger partial charge < -0.3 is 14.5 Å². The van der Waals surface area contributed by atoms with Crippen LogP contribution in [0.15, 0.2) is 54.2 Å². The van der Waals surface area contributed by atoms with Crippen molar-refractivity contribution >= 4 is 23.1 Å². The molecule has 2 aliphatic rings. The number of methoxy groups -OCH3 is 1. The van der Waals surface area contributed by atoms with Crippen LogP contribution in [-0.2, 0) is 9.59 Å². The number of nitrogens with zero attached hydrogens (tertiary/aromatic N) is 3. The monoisotopic (exact) mass is 419 g/mol. The Balaban J connectivity index is 1.80. The van der Waals surface area contributed by atoms with Gasteiger partial charge in [-0.25, -0.2) is 4.90 Å². The molecule has 1 saturated heterocycles. The molecule has 2 heterocycles. The first kappa shape index (κ1) is 21.1. The van der Waals surface area contributed by atoms with Gasteiger partial charge in [0.25, 0.3) is 11.8 Å². The third-order valence-corrected chi connectivity index (χ3v) is 6.07. The second-order valence-corrected chi connectivity index (χ2v) is 8.41. The highest BCUT2D eigenvalue weighted by Crippen LogP contribution is 2.38. The van der Waals surface area contributed by atoms with Gasteiger partial charge >= 0.3 is 0 Å². The number of carbonyl (C=O) groups excluding carboxylic acids is 2. The lowest BCUT2D eigenvalue weighted by molar-refractivity contribution is -0.120. The fourth-order valence-corrected chi connectivity index (χ4v) is 4.18. The summed E-state index contributed by atoms with van der Waals surface area (Å²) in [5, 5.41) is 0. The minimum Gasteiger partial charge on any atom is -0.496 e. The van der Waals surface area contributed by atoms with Crippen LogP contribution in [0.2, 0.25) is 0 Å². The maximum Gasteiger partial charge on any atom is 0.282 e. The number of anilines is 1. The van der Waals surface area contributed by atoms with Crippen LogP contribution in [0.5, 0.6) is 5.75 Å². The van der Waals surface area contributed by atoms with Crippen molar-refractivity contribution in [2.45, 2.75) is 19.8 Å². The van der Waals surface area contributed by atoms with Crippen molar-refractivity contribution in [1.29, 1.82) is 0 Å². The summed E-state index contributed by atoms with van der Waals surface area (Å²) in [4.78, 5) is 32.9. The Morgan fingerprint density at radius 2 is 1.52 bits per heavy atom. The van der Waals surface area contributed by atoms with Crippen molar-refractivity contribution in [3.05, 3.63) is 65.4 Å². The molecule has 162 valence electrons. The molecule has 31 heavy (non-hydrogen) atoms. The molecule has 0 aromatic heterocycles. The molecule has 2 aromatic rings. The summed E-state index contributed by atoms with van der Waals surface area (Å²) in [5.74, 6) is 0.387. The number of carbonyl (C=O) groups is 2. The number of ether oxygens (including phenoxy) is 1. The van der Waals surface area contributed by atoms with Crippen LogP contribution >= 0.6 is 0 Å². The predicted molar refractivity (Wildman–Crippen MR) is 122 cm³/mol. The maximum atomic E-state index is 13.7. The van der Waals surface area contributed by atoms with E-state index in [0.29, 0.717) is 47.3 Å². The number of hydrogen-bond acceptors (Lipinski definition) is 5. The summed E-state index contributed by atoms with van der Waals surface area (Å²) < 4.78 is 5.53. The van der Waals surface area contributed by atoms with E-state index >= 15 is 0 Å². The van der Waals surface area contributed by atoms with Gasteiger partial charge in [0, 0.05) is 31.7 Å². The predicted octanol–water partition coefficient (Wildman–Crippen LogP) is 3.35. The number of rotatable bonds is 5. The van der Waals surface area contributed by atoms with Gasteiger partial charge in [-0.15, -0.1) is 0 Å². The van der Waals surface area contributed by atoms with Gasteiger partial charge in [-0.2, -0.15) is 0 Å². The van der Waals surface area contributed by atoms with Crippen LogP contribution in [0.1, 0.15) is 30.9 Å². The van der Waals surface area contributed by atoms with Crippen molar-refractivity contribution in [1.82, 2.24) is 9.80 Å². The highest BCUT2D eigenvalue weighted by Gasteiger charge is 2.43. The average molecular weight is 420 g/mol. The van der Waals surface area contributed by atoms with Gasteiger partial charge in [-0.05, 0) is 36.7 Å². The molecule has 1 fully saturated rings. The number of likely N-dealkylation sites (N-methyl/N-ethyl adjacent to an activating group) is 1. The molecule has 0 aliphatic carbocycles. The van der Waals surface area contributed by atoms with Crippen molar-refractivity contribution in [3.63, 3.8) is 0 Å². The number of piperazine rings is 1. The standard InChI is InChI=1S/C25H29N3O3/c1-17(2)18-9-11-19(12-10-18)28-24(29)22(20-7-5-6-8-21(20)31-4)23(25(28)30)27-15-13-26(3)14-16-27/h5-12,17H,13-16H2,1-4H3. The van der Waals surface area contributed by atoms with Crippen molar-refractivity contribution < 1.29 is 14.3 Å². The normalized spacial score (nSPS) is 17.8. The van der Waals surface area contributed by atoms with Crippen LogP contribution < -0.4 is 9.64 Å². The van der Waals surface area contributed by atoms with E-state index in [4.69, 9.17) is 4.74 Å². The molecule has 0 atom stereocenters. The summed E-state index contributed by atoms with van der Waals surface area (Å²) in [6.07, 6.45) is 0. The maximum absolute atomic E-state index is 13.7. The fourth-order valence-electron chi connectivity index (χ4n) is 4.18. The van der Waals surface area contributed by atoms with E-state index in [0.717, 1.165) is 13.1 Å². The van der Waals surface area contributed by atoms with Gasteiger partial charge in [0.05, 0.1) is 18.4 Å². The third-order valence-electron chi connectivity index (χ3n) is 6.07. The first-order chi connectivity index (χ1) is 14.9. The molecule has 2 aromatic carbocycles. The van der Waals surface area contributed by atoms with E-state index in [1.165, 1.54) is 10.5 Å². The molecule has 6 heteroatoms. The zero-order chi connectivity index (χ0) is 22.1. The Kier molecular flexibility index (Phi) is 5.83. The third kappa shape index (κ3) is 3.83. The van der Waals surface area contributed by atoms with Crippen molar-refractivity contribution in [3.8, 4) is 5.75 Å². The largest absolute Gasteiger partial charge is 0.496 e. The van der Waals surface area contributed by atoms with Gasteiger partial charge in [-0.1, -0.05) is 44.2 Å². The minimum absolute atomic E-state index is 0.271. The highest BCUT2D eigenvalue weighted by atomic mass is 16.5. The lowest BCUT2D eigenvalue weighted by atomic mass is 10.0.